The molecular formula is C13H16N2O3. The molecule has 1 aliphatic carbocycles. The summed E-state index contributed by atoms with van der Waals surface area (Å²) in [6, 6.07) is 2.10. The van der Waals surface area contributed by atoms with Gasteiger partial charge in [-0.2, -0.15) is 5.26 Å². The third-order valence-corrected chi connectivity index (χ3v) is 3.20. The Hall–Kier alpha value is -1.80. The first-order chi connectivity index (χ1) is 8.69. The lowest BCUT2D eigenvalue weighted by atomic mass is 10.1. The summed E-state index contributed by atoms with van der Waals surface area (Å²) in [4.78, 5) is 13.6. The zero-order chi connectivity index (χ0) is 13.1. The molecular weight excluding hydrogens is 232 g/mol. The van der Waals surface area contributed by atoms with Crippen molar-refractivity contribution >= 4 is 5.97 Å². The molecule has 1 fully saturated rings. The van der Waals surface area contributed by atoms with E-state index in [2.05, 4.69) is 0 Å². The van der Waals surface area contributed by atoms with E-state index in [0.717, 1.165) is 12.2 Å². The average Bonchev–Trinajstić information content (AvgIpc) is 2.69. The molecule has 2 rings (SSSR count). The predicted molar refractivity (Wildman–Crippen MR) is 64.0 cm³/mol. The monoisotopic (exact) mass is 248 g/mol. The van der Waals surface area contributed by atoms with Gasteiger partial charge in [0.25, 0.3) is 0 Å². The molecule has 5 heteroatoms. The summed E-state index contributed by atoms with van der Waals surface area (Å²) in [6.07, 6.45) is 6.12. The highest BCUT2D eigenvalue weighted by atomic mass is 16.5. The van der Waals surface area contributed by atoms with Gasteiger partial charge in [-0.15, -0.1) is 0 Å². The van der Waals surface area contributed by atoms with Crippen LogP contribution in [0.4, 0.5) is 0 Å². The van der Waals surface area contributed by atoms with Crippen molar-refractivity contribution in [2.75, 3.05) is 13.7 Å². The molecule has 3 unspecified atom stereocenters. The normalized spacial score (nSPS) is 27.7. The number of nitriles is 1. The van der Waals surface area contributed by atoms with Crippen molar-refractivity contribution in [3.05, 3.63) is 24.0 Å². The number of esters is 1. The fourth-order valence-corrected chi connectivity index (χ4v) is 2.25. The molecule has 0 radical (unpaired) electrons. The van der Waals surface area contributed by atoms with Crippen molar-refractivity contribution in [3.8, 4) is 6.07 Å². The fraction of sp³-hybridized carbons (Fsp3) is 0.538. The number of allylic oxidation sites excluding steroid dienone is 2. The van der Waals surface area contributed by atoms with E-state index in [-0.39, 0.29) is 12.6 Å². The Balaban J connectivity index is 2.14. The summed E-state index contributed by atoms with van der Waals surface area (Å²) >= 11 is 0. The predicted octanol–water partition coefficient (Wildman–Crippen LogP) is 1.19. The van der Waals surface area contributed by atoms with E-state index in [4.69, 9.17) is 14.7 Å². The van der Waals surface area contributed by atoms with Crippen LogP contribution < -0.4 is 0 Å². The van der Waals surface area contributed by atoms with Gasteiger partial charge in [-0.1, -0.05) is 12.2 Å². The van der Waals surface area contributed by atoms with E-state index in [0.29, 0.717) is 0 Å². The van der Waals surface area contributed by atoms with Crippen LogP contribution >= 0.6 is 0 Å². The Morgan fingerprint density at radius 1 is 1.78 bits per heavy atom. The molecule has 0 bridgehead atoms. The van der Waals surface area contributed by atoms with Crippen molar-refractivity contribution in [2.24, 2.45) is 5.92 Å². The van der Waals surface area contributed by atoms with Crippen molar-refractivity contribution in [1.29, 1.82) is 5.26 Å². The fourth-order valence-electron chi connectivity index (χ4n) is 2.25. The minimum atomic E-state index is -0.915. The summed E-state index contributed by atoms with van der Waals surface area (Å²) in [7, 11) is 1.86. The SMILES string of the molecule is CCOC(=O)C(C#N)C1OC2=CC=CCC2N1C. The lowest BCUT2D eigenvalue weighted by Crippen LogP contribution is -2.41. The summed E-state index contributed by atoms with van der Waals surface area (Å²) in [6.45, 7) is 1.99. The summed E-state index contributed by atoms with van der Waals surface area (Å²) in [5.41, 5.74) is 0. The molecule has 0 aromatic carbocycles. The summed E-state index contributed by atoms with van der Waals surface area (Å²) < 4.78 is 10.6. The molecule has 18 heavy (non-hydrogen) atoms. The number of carbonyl (C=O) groups excluding carboxylic acids is 1. The Morgan fingerprint density at radius 2 is 2.56 bits per heavy atom. The van der Waals surface area contributed by atoms with Crippen molar-refractivity contribution < 1.29 is 14.3 Å². The molecule has 1 saturated heterocycles. The van der Waals surface area contributed by atoms with Gasteiger partial charge in [-0.3, -0.25) is 9.69 Å². The molecule has 0 aromatic heterocycles. The molecule has 1 aliphatic heterocycles. The molecule has 96 valence electrons. The first kappa shape index (κ1) is 12.7. The number of rotatable bonds is 3. The van der Waals surface area contributed by atoms with E-state index < -0.39 is 18.1 Å². The van der Waals surface area contributed by atoms with Gasteiger partial charge in [0.05, 0.1) is 18.7 Å². The van der Waals surface area contributed by atoms with Crippen molar-refractivity contribution in [3.63, 3.8) is 0 Å². The highest BCUT2D eigenvalue weighted by Crippen LogP contribution is 2.33. The summed E-state index contributed by atoms with van der Waals surface area (Å²) in [5, 5.41) is 9.14. The van der Waals surface area contributed by atoms with E-state index in [1.54, 1.807) is 6.92 Å². The van der Waals surface area contributed by atoms with Gasteiger partial charge in [0.2, 0.25) is 0 Å². The van der Waals surface area contributed by atoms with Gasteiger partial charge >= 0.3 is 5.97 Å². The molecule has 0 saturated carbocycles. The minimum Gasteiger partial charge on any atom is -0.476 e. The van der Waals surface area contributed by atoms with E-state index in [9.17, 15) is 4.79 Å². The smallest absolute Gasteiger partial charge is 0.328 e. The largest absolute Gasteiger partial charge is 0.476 e. The minimum absolute atomic E-state index is 0.116. The highest BCUT2D eigenvalue weighted by molar-refractivity contribution is 5.76. The van der Waals surface area contributed by atoms with Gasteiger partial charge < -0.3 is 9.47 Å². The number of fused-ring (bicyclic) bond motifs is 1. The molecule has 5 nitrogen and oxygen atoms in total. The second kappa shape index (κ2) is 5.23. The average molecular weight is 248 g/mol. The topological polar surface area (TPSA) is 62.6 Å². The van der Waals surface area contributed by atoms with Gasteiger partial charge in [-0.25, -0.2) is 0 Å². The molecule has 0 spiro atoms. The van der Waals surface area contributed by atoms with E-state index in [1.807, 2.05) is 36.2 Å². The zero-order valence-corrected chi connectivity index (χ0v) is 10.5. The van der Waals surface area contributed by atoms with Crippen LogP contribution in [0.3, 0.4) is 0 Å². The van der Waals surface area contributed by atoms with Crippen LogP contribution in [0.2, 0.25) is 0 Å². The Morgan fingerprint density at radius 3 is 3.17 bits per heavy atom. The zero-order valence-electron chi connectivity index (χ0n) is 10.5. The maximum atomic E-state index is 11.7. The van der Waals surface area contributed by atoms with E-state index in [1.165, 1.54) is 0 Å². The first-order valence-corrected chi connectivity index (χ1v) is 6.00. The Bertz CT molecular complexity index is 436. The van der Waals surface area contributed by atoms with Gasteiger partial charge in [0, 0.05) is 0 Å². The quantitative estimate of drug-likeness (QED) is 0.702. The Labute approximate surface area is 106 Å². The second-order valence-electron chi connectivity index (χ2n) is 4.28. The molecule has 1 heterocycles. The third-order valence-electron chi connectivity index (χ3n) is 3.20. The maximum absolute atomic E-state index is 11.7. The van der Waals surface area contributed by atoms with E-state index >= 15 is 0 Å². The highest BCUT2D eigenvalue weighted by Gasteiger charge is 2.44. The third kappa shape index (κ3) is 2.12. The number of hydrogen-bond acceptors (Lipinski definition) is 5. The number of nitrogens with zero attached hydrogens (tertiary/aromatic N) is 2. The number of likely N-dealkylation sites (N-methyl/N-ethyl adjacent to an activating group) is 1. The second-order valence-corrected chi connectivity index (χ2v) is 4.28. The maximum Gasteiger partial charge on any atom is 0.328 e. The van der Waals surface area contributed by atoms with Crippen LogP contribution in [-0.4, -0.2) is 36.8 Å². The van der Waals surface area contributed by atoms with Gasteiger partial charge in [-0.05, 0) is 26.5 Å². The number of ether oxygens (including phenoxy) is 2. The van der Waals surface area contributed by atoms with Crippen LogP contribution in [0.15, 0.2) is 24.0 Å². The first-order valence-electron chi connectivity index (χ1n) is 6.00. The molecule has 0 N–H and O–H groups in total. The molecule has 3 atom stereocenters. The molecule has 2 aliphatic rings. The van der Waals surface area contributed by atoms with Crippen molar-refractivity contribution in [2.45, 2.75) is 25.6 Å². The van der Waals surface area contributed by atoms with Gasteiger partial charge in [0.1, 0.15) is 5.76 Å². The van der Waals surface area contributed by atoms with Crippen LogP contribution in [0.1, 0.15) is 13.3 Å². The van der Waals surface area contributed by atoms with Crippen LogP contribution in [0.25, 0.3) is 0 Å². The lowest BCUT2D eigenvalue weighted by Gasteiger charge is -2.23. The molecule has 0 aromatic rings. The lowest BCUT2D eigenvalue weighted by molar-refractivity contribution is -0.151. The van der Waals surface area contributed by atoms with Crippen molar-refractivity contribution in [1.82, 2.24) is 4.90 Å². The molecule has 0 amide bonds. The number of carbonyl (C=O) groups is 1. The van der Waals surface area contributed by atoms with Crippen LogP contribution in [0, 0.1) is 17.2 Å². The van der Waals surface area contributed by atoms with Gasteiger partial charge in [0.15, 0.2) is 12.1 Å². The summed E-state index contributed by atoms with van der Waals surface area (Å²) in [5.74, 6) is -0.625. The number of hydrogen-bond donors (Lipinski definition) is 0. The van der Waals surface area contributed by atoms with Crippen LogP contribution in [0.5, 0.6) is 0 Å². The van der Waals surface area contributed by atoms with Crippen LogP contribution in [-0.2, 0) is 14.3 Å². The standard InChI is InChI=1S/C13H16N2O3/c1-3-17-13(16)9(8-14)12-15(2)10-6-4-5-7-11(10)18-12/h4-5,7,9-10,12H,3,6H2,1-2H3. The Kier molecular flexibility index (Phi) is 3.68.